The van der Waals surface area contributed by atoms with E-state index >= 15 is 0 Å². The third kappa shape index (κ3) is 6.67. The molecule has 0 aliphatic carbocycles. The highest BCUT2D eigenvalue weighted by Gasteiger charge is 2.27. The van der Waals surface area contributed by atoms with Crippen molar-refractivity contribution < 1.29 is 19.4 Å². The van der Waals surface area contributed by atoms with Crippen molar-refractivity contribution in [3.63, 3.8) is 0 Å². The van der Waals surface area contributed by atoms with Gasteiger partial charge in [-0.05, 0) is 50.1 Å². The molecule has 3 heterocycles. The average molecular weight is 568 g/mol. The number of aliphatic imine (C=N–C) groups is 1. The van der Waals surface area contributed by atoms with E-state index in [4.69, 9.17) is 31.8 Å². The second kappa shape index (κ2) is 12.6. The van der Waals surface area contributed by atoms with Crippen LogP contribution in [0.2, 0.25) is 5.02 Å². The highest BCUT2D eigenvalue weighted by atomic mass is 35.5. The monoisotopic (exact) mass is 567 g/mol. The number of β-amino-alcohol motifs (C(OH)–C–C–N with tert-alkyl or cyclic N) is 1. The van der Waals surface area contributed by atoms with E-state index in [0.29, 0.717) is 47.1 Å². The summed E-state index contributed by atoms with van der Waals surface area (Å²) in [6, 6.07) is 13.0. The maximum absolute atomic E-state index is 11.4. The van der Waals surface area contributed by atoms with Crippen LogP contribution in [0.4, 0.5) is 17.2 Å². The zero-order valence-electron chi connectivity index (χ0n) is 22.4. The molecule has 40 heavy (non-hydrogen) atoms. The number of primary amides is 1. The van der Waals surface area contributed by atoms with Gasteiger partial charge in [0.25, 0.3) is 0 Å². The normalized spacial score (nSPS) is 18.3. The SMILES string of the molecule is COc1cc2c(cc1OCCCN1CCCC(O)C1)NCN(c1cccc(Cl)c1)C2=Nc1cc(CC(N)=O)[nH]n1. The molecule has 1 saturated heterocycles. The number of aromatic nitrogens is 2. The lowest BCUT2D eigenvalue weighted by Gasteiger charge is -2.33. The van der Waals surface area contributed by atoms with Crippen LogP contribution in [0.15, 0.2) is 47.5 Å². The van der Waals surface area contributed by atoms with Gasteiger partial charge in [0.15, 0.2) is 17.3 Å². The van der Waals surface area contributed by atoms with Crippen LogP contribution in [0.1, 0.15) is 30.5 Å². The smallest absolute Gasteiger partial charge is 0.223 e. The topological polar surface area (TPSA) is 141 Å². The fraction of sp³-hybridized carbons (Fsp3) is 0.393. The Hall–Kier alpha value is -3.80. The zero-order chi connectivity index (χ0) is 28.1. The summed E-state index contributed by atoms with van der Waals surface area (Å²) in [4.78, 5) is 20.5. The van der Waals surface area contributed by atoms with Gasteiger partial charge in [0.05, 0.1) is 38.6 Å². The van der Waals surface area contributed by atoms with E-state index in [1.165, 1.54) is 0 Å². The Morgan fingerprint density at radius 1 is 1.27 bits per heavy atom. The molecule has 1 fully saturated rings. The van der Waals surface area contributed by atoms with Crippen LogP contribution >= 0.6 is 11.6 Å². The fourth-order valence-corrected chi connectivity index (χ4v) is 5.21. The second-order valence-corrected chi connectivity index (χ2v) is 10.4. The van der Waals surface area contributed by atoms with Gasteiger partial charge < -0.3 is 35.4 Å². The van der Waals surface area contributed by atoms with Crippen LogP contribution in [0, 0.1) is 0 Å². The Kier molecular flexibility index (Phi) is 8.73. The summed E-state index contributed by atoms with van der Waals surface area (Å²) in [5.74, 6) is 1.79. The number of H-pyrrole nitrogens is 1. The Labute approximate surface area is 237 Å². The van der Waals surface area contributed by atoms with E-state index in [1.807, 2.05) is 41.3 Å². The number of likely N-dealkylation sites (tertiary alicyclic amines) is 1. The third-order valence-electron chi connectivity index (χ3n) is 6.91. The first-order chi connectivity index (χ1) is 19.4. The van der Waals surface area contributed by atoms with Crippen LogP contribution in [0.5, 0.6) is 11.5 Å². The highest BCUT2D eigenvalue weighted by Crippen LogP contribution is 2.38. The molecule has 1 aromatic heterocycles. The molecule has 0 spiro atoms. The molecule has 2 aromatic carbocycles. The molecule has 12 heteroatoms. The number of carbonyl (C=O) groups is 1. The number of ether oxygens (including phenoxy) is 2. The molecular weight excluding hydrogens is 534 g/mol. The molecule has 0 bridgehead atoms. The number of amides is 1. The van der Waals surface area contributed by atoms with Crippen molar-refractivity contribution in [3.8, 4) is 11.5 Å². The summed E-state index contributed by atoms with van der Waals surface area (Å²) in [5, 5.41) is 21.1. The van der Waals surface area contributed by atoms with Crippen LogP contribution < -0.4 is 25.4 Å². The minimum absolute atomic E-state index is 0.0425. The summed E-state index contributed by atoms with van der Waals surface area (Å²) in [6.07, 6.45) is 2.54. The van der Waals surface area contributed by atoms with Crippen molar-refractivity contribution >= 4 is 40.5 Å². The number of halogens is 1. The molecule has 0 radical (unpaired) electrons. The predicted molar refractivity (Wildman–Crippen MR) is 155 cm³/mol. The molecule has 1 atom stereocenters. The number of benzene rings is 2. The Balaban J connectivity index is 1.41. The Bertz CT molecular complexity index is 1380. The Morgan fingerprint density at radius 3 is 2.92 bits per heavy atom. The molecule has 2 aliphatic heterocycles. The number of amidine groups is 1. The van der Waals surface area contributed by atoms with Crippen molar-refractivity contribution in [3.05, 3.63) is 58.7 Å². The standard InChI is InChI=1S/C28H34ClN7O4/c1-39-24-14-22-23(15-25(24)40-10-4-9-35-8-3-7-21(37)16-35)31-17-36(20-6-2-5-18(29)11-20)28(22)32-27-13-19(33-34-27)12-26(30)38/h2,5-6,11,13-15,21,31,37H,3-4,7-10,12,16-17H2,1H3,(H2,30,38)(H,33,34). The highest BCUT2D eigenvalue weighted by molar-refractivity contribution is 6.31. The minimum atomic E-state index is -0.457. The number of fused-ring (bicyclic) bond motifs is 1. The first-order valence-electron chi connectivity index (χ1n) is 13.3. The third-order valence-corrected chi connectivity index (χ3v) is 7.14. The number of anilines is 2. The quantitative estimate of drug-likeness (QED) is 0.273. The molecule has 2 aliphatic rings. The van der Waals surface area contributed by atoms with Crippen LogP contribution in [-0.4, -0.2) is 78.1 Å². The van der Waals surface area contributed by atoms with Gasteiger partial charge in [-0.1, -0.05) is 17.7 Å². The average Bonchev–Trinajstić information content (AvgIpc) is 3.36. The number of nitrogens with zero attached hydrogens (tertiary/aromatic N) is 4. The second-order valence-electron chi connectivity index (χ2n) is 9.92. The van der Waals surface area contributed by atoms with Gasteiger partial charge in [-0.25, -0.2) is 4.99 Å². The number of aromatic amines is 1. The lowest BCUT2D eigenvalue weighted by atomic mass is 10.1. The van der Waals surface area contributed by atoms with Crippen molar-refractivity contribution in [2.24, 2.45) is 10.7 Å². The molecular formula is C28H34ClN7O4. The maximum atomic E-state index is 11.4. The van der Waals surface area contributed by atoms with Crippen molar-refractivity contribution in [2.75, 3.05) is 50.2 Å². The van der Waals surface area contributed by atoms with E-state index in [-0.39, 0.29) is 12.5 Å². The van der Waals surface area contributed by atoms with Gasteiger partial charge in [-0.3, -0.25) is 9.89 Å². The number of hydrogen-bond acceptors (Lipinski definition) is 8. The van der Waals surface area contributed by atoms with E-state index in [2.05, 4.69) is 20.4 Å². The van der Waals surface area contributed by atoms with Gasteiger partial charge in [-0.2, -0.15) is 5.10 Å². The minimum Gasteiger partial charge on any atom is -0.493 e. The summed E-state index contributed by atoms with van der Waals surface area (Å²) in [5.41, 5.74) is 8.39. The fourth-order valence-electron chi connectivity index (χ4n) is 5.02. The van der Waals surface area contributed by atoms with Gasteiger partial charge >= 0.3 is 0 Å². The first-order valence-corrected chi connectivity index (χ1v) is 13.7. The molecule has 11 nitrogen and oxygen atoms in total. The van der Waals surface area contributed by atoms with Crippen molar-refractivity contribution in [1.82, 2.24) is 15.1 Å². The molecule has 5 rings (SSSR count). The number of hydrogen-bond donors (Lipinski definition) is 4. The molecule has 5 N–H and O–H groups in total. The summed E-state index contributed by atoms with van der Waals surface area (Å²) < 4.78 is 11.9. The maximum Gasteiger partial charge on any atom is 0.223 e. The van der Waals surface area contributed by atoms with E-state index in [1.54, 1.807) is 13.2 Å². The number of rotatable bonds is 10. The molecule has 3 aromatic rings. The summed E-state index contributed by atoms with van der Waals surface area (Å²) >= 11 is 6.31. The molecule has 212 valence electrons. The van der Waals surface area contributed by atoms with Gasteiger partial charge in [0.2, 0.25) is 5.91 Å². The molecule has 1 unspecified atom stereocenters. The number of nitrogens with one attached hydrogen (secondary N) is 2. The van der Waals surface area contributed by atoms with Crippen molar-refractivity contribution in [1.29, 1.82) is 0 Å². The summed E-state index contributed by atoms with van der Waals surface area (Å²) in [6.45, 7) is 3.54. The molecule has 0 saturated carbocycles. The van der Waals surface area contributed by atoms with E-state index in [0.717, 1.165) is 55.8 Å². The number of carbonyl (C=O) groups excluding carboxylic acids is 1. The zero-order valence-corrected chi connectivity index (χ0v) is 23.2. The number of nitrogens with two attached hydrogens (primary N) is 1. The largest absolute Gasteiger partial charge is 0.493 e. The van der Waals surface area contributed by atoms with Crippen LogP contribution in [0.25, 0.3) is 0 Å². The number of methoxy groups -OCH3 is 1. The summed E-state index contributed by atoms with van der Waals surface area (Å²) in [7, 11) is 1.61. The van der Waals surface area contributed by atoms with Gasteiger partial charge in [-0.15, -0.1) is 0 Å². The number of aliphatic hydroxyl groups excluding tert-OH is 1. The van der Waals surface area contributed by atoms with E-state index in [9.17, 15) is 9.90 Å². The van der Waals surface area contributed by atoms with Crippen molar-refractivity contribution in [2.45, 2.75) is 31.8 Å². The lowest BCUT2D eigenvalue weighted by molar-refractivity contribution is -0.117. The first kappa shape index (κ1) is 27.8. The van der Waals surface area contributed by atoms with Gasteiger partial charge in [0, 0.05) is 47.2 Å². The number of aliphatic hydroxyl groups is 1. The van der Waals surface area contributed by atoms with Crippen LogP contribution in [-0.2, 0) is 11.2 Å². The van der Waals surface area contributed by atoms with E-state index < -0.39 is 5.91 Å². The van der Waals surface area contributed by atoms with Gasteiger partial charge in [0.1, 0.15) is 5.84 Å². The van der Waals surface area contributed by atoms with Crippen LogP contribution in [0.3, 0.4) is 0 Å². The number of piperidine rings is 1. The Morgan fingerprint density at radius 2 is 2.15 bits per heavy atom. The molecule has 1 amide bonds. The lowest BCUT2D eigenvalue weighted by Crippen LogP contribution is -2.40. The predicted octanol–water partition coefficient (Wildman–Crippen LogP) is 3.29.